The molecule has 0 saturated carbocycles. The minimum Gasteiger partial charge on any atom is -0.240 e. The van der Waals surface area contributed by atoms with Crippen molar-refractivity contribution >= 4 is 0 Å². The van der Waals surface area contributed by atoms with E-state index in [9.17, 15) is 13.2 Å². The van der Waals surface area contributed by atoms with Crippen molar-refractivity contribution < 1.29 is 13.2 Å². The number of alkyl halides is 3. The molecule has 0 N–H and O–H groups in total. The first-order valence-electron chi connectivity index (χ1n) is 6.33. The number of rotatable bonds is 2. The summed E-state index contributed by atoms with van der Waals surface area (Å²) in [6.07, 6.45) is -2.71. The summed E-state index contributed by atoms with van der Waals surface area (Å²) in [6.45, 7) is 0. The molecule has 2 nitrogen and oxygen atoms in total. The smallest absolute Gasteiger partial charge is 0.240 e. The van der Waals surface area contributed by atoms with Crippen LogP contribution in [0.1, 0.15) is 5.56 Å². The van der Waals surface area contributed by atoms with Crippen LogP contribution in [-0.2, 0) is 6.18 Å². The molecule has 3 aromatic rings. The van der Waals surface area contributed by atoms with Gasteiger partial charge in [-0.1, -0.05) is 36.4 Å². The largest absolute Gasteiger partial charge is 0.416 e. The molecule has 0 radical (unpaired) electrons. The average molecular weight is 288 g/mol. The van der Waals surface area contributed by atoms with Crippen molar-refractivity contribution in [2.75, 3.05) is 0 Å². The van der Waals surface area contributed by atoms with Crippen LogP contribution in [0.5, 0.6) is 0 Å². The summed E-state index contributed by atoms with van der Waals surface area (Å²) in [5.41, 5.74) is 1.33. The minimum absolute atomic E-state index is 0.381. The molecule has 0 atom stereocenters. The molecule has 1 aromatic heterocycles. The van der Waals surface area contributed by atoms with E-state index in [2.05, 4.69) is 5.10 Å². The Hall–Kier alpha value is -2.56. The fourth-order valence-corrected chi connectivity index (χ4v) is 2.06. The summed E-state index contributed by atoms with van der Waals surface area (Å²) < 4.78 is 39.6. The highest BCUT2D eigenvalue weighted by Gasteiger charge is 2.30. The van der Waals surface area contributed by atoms with Crippen LogP contribution in [0.25, 0.3) is 16.9 Å². The first-order chi connectivity index (χ1) is 10.0. The second kappa shape index (κ2) is 5.09. The summed E-state index contributed by atoms with van der Waals surface area (Å²) in [6, 6.07) is 16.4. The predicted molar refractivity (Wildman–Crippen MR) is 74.0 cm³/mol. The molecule has 0 saturated heterocycles. The van der Waals surface area contributed by atoms with Crippen LogP contribution in [-0.4, -0.2) is 9.78 Å². The number of hydrogen-bond donors (Lipinski definition) is 0. The first-order valence-corrected chi connectivity index (χ1v) is 6.33. The molecule has 0 spiro atoms. The third-order valence-corrected chi connectivity index (χ3v) is 3.10. The van der Waals surface area contributed by atoms with Crippen molar-refractivity contribution in [2.45, 2.75) is 6.18 Å². The second-order valence-electron chi connectivity index (χ2n) is 4.56. The zero-order valence-electron chi connectivity index (χ0n) is 10.9. The van der Waals surface area contributed by atoms with Crippen molar-refractivity contribution in [1.29, 1.82) is 0 Å². The van der Waals surface area contributed by atoms with E-state index >= 15 is 0 Å². The van der Waals surface area contributed by atoms with Crippen molar-refractivity contribution in [2.24, 2.45) is 0 Å². The van der Waals surface area contributed by atoms with Gasteiger partial charge in [0.05, 0.1) is 16.9 Å². The fraction of sp³-hybridized carbons (Fsp3) is 0.0625. The van der Waals surface area contributed by atoms with E-state index in [1.807, 2.05) is 30.3 Å². The highest BCUT2D eigenvalue weighted by molar-refractivity contribution is 5.58. The molecule has 0 fully saturated rings. The lowest BCUT2D eigenvalue weighted by molar-refractivity contribution is -0.137. The Morgan fingerprint density at radius 1 is 0.857 bits per heavy atom. The van der Waals surface area contributed by atoms with Crippen LogP contribution < -0.4 is 0 Å². The summed E-state index contributed by atoms with van der Waals surface area (Å²) in [7, 11) is 0. The quantitative estimate of drug-likeness (QED) is 0.676. The number of halogens is 3. The van der Waals surface area contributed by atoms with Crippen molar-refractivity contribution in [3.05, 3.63) is 72.4 Å². The van der Waals surface area contributed by atoms with Gasteiger partial charge >= 0.3 is 6.18 Å². The molecule has 0 bridgehead atoms. The van der Waals surface area contributed by atoms with Crippen LogP contribution in [0.15, 0.2) is 66.9 Å². The molecule has 21 heavy (non-hydrogen) atoms. The maximum atomic E-state index is 12.7. The lowest BCUT2D eigenvalue weighted by atomic mass is 10.2. The van der Waals surface area contributed by atoms with E-state index in [0.717, 1.165) is 17.7 Å². The predicted octanol–water partition coefficient (Wildman–Crippen LogP) is 4.56. The Balaban J connectivity index is 1.97. The van der Waals surface area contributed by atoms with E-state index in [1.54, 1.807) is 18.3 Å². The zero-order chi connectivity index (χ0) is 14.9. The van der Waals surface area contributed by atoms with Gasteiger partial charge in [0.25, 0.3) is 0 Å². The third kappa shape index (κ3) is 2.81. The second-order valence-corrected chi connectivity index (χ2v) is 4.56. The Morgan fingerprint density at radius 2 is 1.62 bits per heavy atom. The number of aromatic nitrogens is 2. The van der Waals surface area contributed by atoms with E-state index in [1.165, 1.54) is 10.7 Å². The van der Waals surface area contributed by atoms with E-state index in [0.29, 0.717) is 11.4 Å². The Kier molecular flexibility index (Phi) is 3.25. The van der Waals surface area contributed by atoms with E-state index in [-0.39, 0.29) is 0 Å². The highest BCUT2D eigenvalue weighted by atomic mass is 19.4. The van der Waals surface area contributed by atoms with Gasteiger partial charge in [-0.2, -0.15) is 18.3 Å². The van der Waals surface area contributed by atoms with Gasteiger partial charge in [-0.15, -0.1) is 0 Å². The monoisotopic (exact) mass is 288 g/mol. The normalized spacial score (nSPS) is 11.6. The molecular weight excluding hydrogens is 277 g/mol. The molecule has 0 aliphatic heterocycles. The van der Waals surface area contributed by atoms with Gasteiger partial charge in [0.15, 0.2) is 0 Å². The lowest BCUT2D eigenvalue weighted by Gasteiger charge is -2.08. The third-order valence-electron chi connectivity index (χ3n) is 3.10. The van der Waals surface area contributed by atoms with Gasteiger partial charge in [-0.25, -0.2) is 4.68 Å². The standard InChI is InChI=1S/C16H11F3N2/c17-16(18,19)13-7-4-8-14(11-13)21-10-9-15(20-21)12-5-2-1-3-6-12/h1-11H. The molecular formula is C16H11F3N2. The summed E-state index contributed by atoms with van der Waals surface area (Å²) in [5, 5.41) is 4.32. The minimum atomic E-state index is -4.36. The topological polar surface area (TPSA) is 17.8 Å². The van der Waals surface area contributed by atoms with Gasteiger partial charge in [0.2, 0.25) is 0 Å². The van der Waals surface area contributed by atoms with Gasteiger partial charge < -0.3 is 0 Å². The van der Waals surface area contributed by atoms with E-state index in [4.69, 9.17) is 0 Å². The van der Waals surface area contributed by atoms with Crippen molar-refractivity contribution in [3.8, 4) is 16.9 Å². The molecule has 0 aliphatic rings. The van der Waals surface area contributed by atoms with Crippen LogP contribution >= 0.6 is 0 Å². The van der Waals surface area contributed by atoms with Gasteiger partial charge in [-0.05, 0) is 24.3 Å². The zero-order valence-corrected chi connectivity index (χ0v) is 10.9. The molecule has 106 valence electrons. The fourth-order valence-electron chi connectivity index (χ4n) is 2.06. The van der Waals surface area contributed by atoms with Gasteiger partial charge in [0, 0.05) is 11.8 Å². The molecule has 2 aromatic carbocycles. The summed E-state index contributed by atoms with van der Waals surface area (Å²) in [4.78, 5) is 0. The maximum Gasteiger partial charge on any atom is 0.416 e. The molecule has 5 heteroatoms. The Labute approximate surface area is 119 Å². The van der Waals surface area contributed by atoms with Crippen LogP contribution in [0.4, 0.5) is 13.2 Å². The molecule has 3 rings (SSSR count). The Morgan fingerprint density at radius 3 is 2.33 bits per heavy atom. The Bertz CT molecular complexity index is 745. The van der Waals surface area contributed by atoms with Crippen LogP contribution in [0.2, 0.25) is 0 Å². The summed E-state index contributed by atoms with van der Waals surface area (Å²) >= 11 is 0. The van der Waals surface area contributed by atoms with Crippen LogP contribution in [0.3, 0.4) is 0 Å². The van der Waals surface area contributed by atoms with Gasteiger partial charge in [-0.3, -0.25) is 0 Å². The number of benzene rings is 2. The first kappa shape index (κ1) is 13.4. The number of nitrogens with zero attached hydrogens (tertiary/aromatic N) is 2. The number of hydrogen-bond acceptors (Lipinski definition) is 1. The highest BCUT2D eigenvalue weighted by Crippen LogP contribution is 2.30. The van der Waals surface area contributed by atoms with Crippen LogP contribution in [0, 0.1) is 0 Å². The van der Waals surface area contributed by atoms with Gasteiger partial charge in [0.1, 0.15) is 0 Å². The SMILES string of the molecule is FC(F)(F)c1cccc(-n2ccc(-c3ccccc3)n2)c1. The molecule has 1 heterocycles. The lowest BCUT2D eigenvalue weighted by Crippen LogP contribution is -2.06. The molecule has 0 aliphatic carbocycles. The molecule has 0 unspecified atom stereocenters. The molecule has 0 amide bonds. The van der Waals surface area contributed by atoms with E-state index < -0.39 is 11.7 Å². The van der Waals surface area contributed by atoms with Crippen molar-refractivity contribution in [3.63, 3.8) is 0 Å². The summed E-state index contributed by atoms with van der Waals surface area (Å²) in [5.74, 6) is 0. The maximum absolute atomic E-state index is 12.7. The average Bonchev–Trinajstić information content (AvgIpc) is 2.97. The van der Waals surface area contributed by atoms with Crippen molar-refractivity contribution in [1.82, 2.24) is 9.78 Å².